The molecule has 1 aromatic carbocycles. The molecule has 0 saturated carbocycles. The Balaban J connectivity index is 2.10. The van der Waals surface area contributed by atoms with Crippen LogP contribution in [0.5, 0.6) is 0 Å². The molecular formula is C12H13ClN4O3S2. The maximum absolute atomic E-state index is 12.2. The molecule has 0 radical (unpaired) electrons. The number of nitrogens with zero attached hydrogens (tertiary/aromatic N) is 2. The molecule has 118 valence electrons. The van der Waals surface area contributed by atoms with Gasteiger partial charge in [0.05, 0.1) is 4.90 Å². The van der Waals surface area contributed by atoms with E-state index in [9.17, 15) is 13.2 Å². The molecule has 2 aromatic rings. The quantitative estimate of drug-likeness (QED) is 0.769. The molecule has 0 unspecified atom stereocenters. The fourth-order valence-electron chi connectivity index (χ4n) is 1.54. The van der Waals surface area contributed by atoms with Crippen molar-refractivity contribution in [2.75, 3.05) is 15.9 Å². The first-order valence-corrected chi connectivity index (χ1v) is 9.03. The van der Waals surface area contributed by atoms with Crippen molar-refractivity contribution in [3.63, 3.8) is 0 Å². The molecule has 7 nitrogen and oxygen atoms in total. The highest BCUT2D eigenvalue weighted by Gasteiger charge is 2.16. The minimum absolute atomic E-state index is 0.0655. The van der Waals surface area contributed by atoms with E-state index in [1.807, 2.05) is 0 Å². The number of benzene rings is 1. The Morgan fingerprint density at radius 1 is 1.27 bits per heavy atom. The van der Waals surface area contributed by atoms with Crippen molar-refractivity contribution < 1.29 is 13.2 Å². The Morgan fingerprint density at radius 3 is 2.50 bits per heavy atom. The van der Waals surface area contributed by atoms with E-state index in [0.29, 0.717) is 10.7 Å². The number of amides is 1. The summed E-state index contributed by atoms with van der Waals surface area (Å²) >= 11 is 6.61. The van der Waals surface area contributed by atoms with E-state index in [2.05, 4.69) is 20.2 Å². The third-order valence-corrected chi connectivity index (χ3v) is 4.94. The Morgan fingerprint density at radius 2 is 1.95 bits per heavy atom. The Bertz CT molecular complexity index is 759. The van der Waals surface area contributed by atoms with Crippen molar-refractivity contribution in [2.24, 2.45) is 0 Å². The van der Waals surface area contributed by atoms with Gasteiger partial charge in [-0.25, -0.2) is 8.42 Å². The molecule has 0 fully saturated rings. The highest BCUT2D eigenvalue weighted by atomic mass is 35.5. The number of rotatable bonds is 6. The van der Waals surface area contributed by atoms with Crippen molar-refractivity contribution in [3.05, 3.63) is 29.3 Å². The van der Waals surface area contributed by atoms with E-state index in [-0.39, 0.29) is 28.2 Å². The molecule has 2 rings (SSSR count). The second-order valence-corrected chi connectivity index (χ2v) is 7.49. The number of aromatic nitrogens is 2. The first-order chi connectivity index (χ1) is 10.4. The number of sulfonamides is 1. The molecule has 2 N–H and O–H groups in total. The van der Waals surface area contributed by atoms with E-state index in [1.165, 1.54) is 24.3 Å². The summed E-state index contributed by atoms with van der Waals surface area (Å²) in [5, 5.41) is 10.9. The maximum Gasteiger partial charge on any atom is 0.263 e. The minimum atomic E-state index is -3.73. The average Bonchev–Trinajstić information content (AvgIpc) is 2.84. The smallest absolute Gasteiger partial charge is 0.263 e. The maximum atomic E-state index is 12.2. The lowest BCUT2D eigenvalue weighted by Gasteiger charge is -2.07. The third kappa shape index (κ3) is 4.39. The van der Waals surface area contributed by atoms with Gasteiger partial charge in [0.1, 0.15) is 5.01 Å². The second kappa shape index (κ2) is 7.03. The van der Waals surface area contributed by atoms with Gasteiger partial charge in [-0.05, 0) is 31.2 Å². The normalized spacial score (nSPS) is 11.2. The second-order valence-electron chi connectivity index (χ2n) is 4.24. The molecule has 22 heavy (non-hydrogen) atoms. The lowest BCUT2D eigenvalue weighted by Crippen LogP contribution is -2.14. The molecule has 0 atom stereocenters. The number of aryl methyl sites for hydroxylation is 1. The Hall–Kier alpha value is -1.71. The standard InChI is InChI=1S/C12H13ClN4O3S2/c1-8-15-16-12(21-8)17-22(19,20)10-4-2-9(3-5-10)14-11(18)6-7-13/h2-5H,6-7H2,1H3,(H,14,18)(H,16,17). The summed E-state index contributed by atoms with van der Waals surface area (Å²) in [5.74, 6) is -0.00296. The van der Waals surface area contributed by atoms with Crippen LogP contribution in [0.2, 0.25) is 0 Å². The van der Waals surface area contributed by atoms with Crippen LogP contribution < -0.4 is 10.0 Å². The van der Waals surface area contributed by atoms with Crippen LogP contribution in [-0.4, -0.2) is 30.4 Å². The predicted molar refractivity (Wildman–Crippen MR) is 85.9 cm³/mol. The van der Waals surface area contributed by atoms with Crippen molar-refractivity contribution in [1.82, 2.24) is 10.2 Å². The molecule has 0 spiro atoms. The molecule has 1 aromatic heterocycles. The van der Waals surface area contributed by atoms with E-state index in [0.717, 1.165) is 11.3 Å². The zero-order valence-electron chi connectivity index (χ0n) is 11.5. The topological polar surface area (TPSA) is 101 Å². The summed E-state index contributed by atoms with van der Waals surface area (Å²) in [7, 11) is -3.73. The van der Waals surface area contributed by atoms with Crippen LogP contribution in [0.25, 0.3) is 0 Å². The first-order valence-electron chi connectivity index (χ1n) is 6.19. The highest BCUT2D eigenvalue weighted by molar-refractivity contribution is 7.93. The lowest BCUT2D eigenvalue weighted by molar-refractivity contribution is -0.115. The van der Waals surface area contributed by atoms with Gasteiger partial charge in [0.25, 0.3) is 10.0 Å². The molecule has 0 aliphatic carbocycles. The summed E-state index contributed by atoms with van der Waals surface area (Å²) in [6.07, 6.45) is 0.194. The van der Waals surface area contributed by atoms with Crippen LogP contribution in [0.4, 0.5) is 10.8 Å². The van der Waals surface area contributed by atoms with Gasteiger partial charge >= 0.3 is 0 Å². The van der Waals surface area contributed by atoms with Gasteiger partial charge in [0.15, 0.2) is 0 Å². The summed E-state index contributed by atoms with van der Waals surface area (Å²) < 4.78 is 26.7. The number of hydrogen-bond donors (Lipinski definition) is 2. The number of anilines is 2. The van der Waals surface area contributed by atoms with Crippen molar-refractivity contribution in [2.45, 2.75) is 18.2 Å². The predicted octanol–water partition coefficient (Wildman–Crippen LogP) is 2.21. The summed E-state index contributed by atoms with van der Waals surface area (Å²) in [6, 6.07) is 5.80. The molecule has 0 aliphatic rings. The number of alkyl halides is 1. The molecule has 0 bridgehead atoms. The van der Waals surface area contributed by atoms with Crippen LogP contribution in [0.15, 0.2) is 29.2 Å². The van der Waals surface area contributed by atoms with Crippen molar-refractivity contribution in [3.8, 4) is 0 Å². The zero-order valence-corrected chi connectivity index (χ0v) is 13.9. The fourth-order valence-corrected chi connectivity index (χ4v) is 3.53. The molecule has 0 saturated heterocycles. The Labute approximate surface area is 136 Å². The van der Waals surface area contributed by atoms with Crippen molar-refractivity contribution in [1.29, 1.82) is 0 Å². The van der Waals surface area contributed by atoms with E-state index in [1.54, 1.807) is 6.92 Å². The summed E-state index contributed by atoms with van der Waals surface area (Å²) in [6.45, 7) is 1.73. The van der Waals surface area contributed by atoms with Crippen LogP contribution in [-0.2, 0) is 14.8 Å². The largest absolute Gasteiger partial charge is 0.326 e. The molecule has 10 heteroatoms. The molecule has 1 heterocycles. The Kier molecular flexibility index (Phi) is 5.33. The fraction of sp³-hybridized carbons (Fsp3) is 0.250. The first kappa shape index (κ1) is 16.7. The summed E-state index contributed by atoms with van der Waals surface area (Å²) in [5.41, 5.74) is 0.501. The van der Waals surface area contributed by atoms with Gasteiger partial charge in [-0.2, -0.15) is 0 Å². The average molecular weight is 361 g/mol. The number of nitrogens with one attached hydrogen (secondary N) is 2. The highest BCUT2D eigenvalue weighted by Crippen LogP contribution is 2.20. The SMILES string of the molecule is Cc1nnc(NS(=O)(=O)c2ccc(NC(=O)CCCl)cc2)s1. The van der Waals surface area contributed by atoms with Crippen LogP contribution in [0.1, 0.15) is 11.4 Å². The third-order valence-electron chi connectivity index (χ3n) is 2.52. The van der Waals surface area contributed by atoms with Gasteiger partial charge < -0.3 is 5.32 Å². The van der Waals surface area contributed by atoms with Gasteiger partial charge in [-0.1, -0.05) is 11.3 Å². The molecule has 0 aliphatic heterocycles. The van der Waals surface area contributed by atoms with Crippen LogP contribution >= 0.6 is 22.9 Å². The number of halogens is 1. The van der Waals surface area contributed by atoms with Crippen LogP contribution in [0.3, 0.4) is 0 Å². The van der Waals surface area contributed by atoms with Gasteiger partial charge in [0.2, 0.25) is 11.0 Å². The zero-order chi connectivity index (χ0) is 16.2. The number of carbonyl (C=O) groups excluding carboxylic acids is 1. The van der Waals surface area contributed by atoms with E-state index < -0.39 is 10.0 Å². The lowest BCUT2D eigenvalue weighted by atomic mass is 10.3. The van der Waals surface area contributed by atoms with E-state index in [4.69, 9.17) is 11.6 Å². The van der Waals surface area contributed by atoms with Gasteiger partial charge in [-0.15, -0.1) is 21.8 Å². The van der Waals surface area contributed by atoms with Gasteiger partial charge in [-0.3, -0.25) is 9.52 Å². The minimum Gasteiger partial charge on any atom is -0.326 e. The van der Waals surface area contributed by atoms with Crippen molar-refractivity contribution >= 4 is 49.7 Å². The summed E-state index contributed by atoms with van der Waals surface area (Å²) in [4.78, 5) is 11.5. The van der Waals surface area contributed by atoms with Gasteiger partial charge in [0, 0.05) is 18.0 Å². The number of hydrogen-bond acceptors (Lipinski definition) is 6. The molecule has 1 amide bonds. The number of carbonyl (C=O) groups is 1. The van der Waals surface area contributed by atoms with E-state index >= 15 is 0 Å². The molecular weight excluding hydrogens is 348 g/mol. The monoisotopic (exact) mass is 360 g/mol. The van der Waals surface area contributed by atoms with Crippen LogP contribution in [0, 0.1) is 6.92 Å².